The lowest BCUT2D eigenvalue weighted by molar-refractivity contribution is 0.632. The summed E-state index contributed by atoms with van der Waals surface area (Å²) >= 11 is 0. The van der Waals surface area contributed by atoms with Gasteiger partial charge in [0, 0.05) is 6.20 Å². The molecule has 72 valence electrons. The molecule has 0 amide bonds. The van der Waals surface area contributed by atoms with Crippen molar-refractivity contribution in [2.75, 3.05) is 11.1 Å². The molecule has 3 nitrogen and oxygen atoms in total. The van der Waals surface area contributed by atoms with Crippen LogP contribution < -0.4 is 11.1 Å². The van der Waals surface area contributed by atoms with Crippen LogP contribution in [0.2, 0.25) is 0 Å². The number of nitrogens with two attached hydrogens (primary N) is 1. The van der Waals surface area contributed by atoms with Crippen LogP contribution in [0.25, 0.3) is 0 Å². The summed E-state index contributed by atoms with van der Waals surface area (Å²) in [5.41, 5.74) is 6.31. The average Bonchev–Trinajstić information content (AvgIpc) is 2.64. The Morgan fingerprint density at radius 2 is 2.07 bits per heavy atom. The minimum absolute atomic E-state index is 0.301. The molecule has 0 bridgehead atoms. The Balaban J connectivity index is 2.33. The first-order valence-electron chi connectivity index (χ1n) is 4.22. The zero-order valence-electron chi connectivity index (χ0n) is 7.42. The summed E-state index contributed by atoms with van der Waals surface area (Å²) in [6.45, 7) is 0. The number of rotatable bonds is 2. The van der Waals surface area contributed by atoms with Gasteiger partial charge in [0.25, 0.3) is 0 Å². The largest absolute Gasteiger partial charge is 0.397 e. The Bertz CT molecular complexity index is 403. The summed E-state index contributed by atoms with van der Waals surface area (Å²) in [5.74, 6) is 0.349. The predicted molar refractivity (Wildman–Crippen MR) is 54.9 cm³/mol. The van der Waals surface area contributed by atoms with Crippen molar-refractivity contribution >= 4 is 17.2 Å². The van der Waals surface area contributed by atoms with Gasteiger partial charge in [-0.05, 0) is 24.3 Å². The third-order valence-electron chi connectivity index (χ3n) is 1.90. The number of hydrogen-bond donors (Lipinski definition) is 3. The Morgan fingerprint density at radius 3 is 2.71 bits per heavy atom. The molecule has 0 fully saturated rings. The van der Waals surface area contributed by atoms with Crippen LogP contribution in [0, 0.1) is 5.82 Å². The van der Waals surface area contributed by atoms with Gasteiger partial charge in [-0.1, -0.05) is 6.07 Å². The van der Waals surface area contributed by atoms with Gasteiger partial charge < -0.3 is 16.0 Å². The normalized spacial score (nSPS) is 10.1. The number of anilines is 3. The maximum Gasteiger partial charge on any atom is 0.148 e. The van der Waals surface area contributed by atoms with Crippen molar-refractivity contribution < 1.29 is 4.39 Å². The van der Waals surface area contributed by atoms with Gasteiger partial charge in [0.15, 0.2) is 0 Å². The Kier molecular flexibility index (Phi) is 2.10. The Hall–Kier alpha value is -1.97. The molecule has 14 heavy (non-hydrogen) atoms. The summed E-state index contributed by atoms with van der Waals surface area (Å²) in [4.78, 5) is 2.91. The second kappa shape index (κ2) is 3.41. The molecule has 4 heteroatoms. The molecule has 0 atom stereocenters. The van der Waals surface area contributed by atoms with Crippen LogP contribution in [0.3, 0.4) is 0 Å². The van der Waals surface area contributed by atoms with Crippen molar-refractivity contribution in [3.8, 4) is 0 Å². The molecule has 2 rings (SSSR count). The van der Waals surface area contributed by atoms with Crippen LogP contribution in [0.4, 0.5) is 21.6 Å². The number of para-hydroxylation sites is 1. The molecule has 1 heterocycles. The summed E-state index contributed by atoms with van der Waals surface area (Å²) in [6, 6.07) is 8.20. The number of H-pyrrole nitrogens is 1. The molecule has 0 saturated heterocycles. The quantitative estimate of drug-likeness (QED) is 0.639. The van der Waals surface area contributed by atoms with Gasteiger partial charge in [0.2, 0.25) is 0 Å². The molecule has 1 aromatic heterocycles. The van der Waals surface area contributed by atoms with Crippen molar-refractivity contribution in [3.63, 3.8) is 0 Å². The summed E-state index contributed by atoms with van der Waals surface area (Å²) < 4.78 is 13.3. The van der Waals surface area contributed by atoms with E-state index in [2.05, 4.69) is 10.3 Å². The van der Waals surface area contributed by atoms with Crippen LogP contribution in [0.1, 0.15) is 0 Å². The van der Waals surface area contributed by atoms with E-state index in [-0.39, 0.29) is 5.82 Å². The topological polar surface area (TPSA) is 53.8 Å². The molecular formula is C10H10FN3. The average molecular weight is 191 g/mol. The van der Waals surface area contributed by atoms with Crippen molar-refractivity contribution in [2.24, 2.45) is 0 Å². The lowest BCUT2D eigenvalue weighted by Gasteiger charge is -2.07. The van der Waals surface area contributed by atoms with Crippen molar-refractivity contribution in [2.45, 2.75) is 0 Å². The second-order valence-electron chi connectivity index (χ2n) is 2.91. The predicted octanol–water partition coefficient (Wildman–Crippen LogP) is 2.48. The van der Waals surface area contributed by atoms with E-state index < -0.39 is 0 Å². The molecule has 0 saturated carbocycles. The van der Waals surface area contributed by atoms with Crippen molar-refractivity contribution in [1.29, 1.82) is 0 Å². The van der Waals surface area contributed by atoms with Gasteiger partial charge in [-0.2, -0.15) is 0 Å². The van der Waals surface area contributed by atoms with Gasteiger partial charge in [-0.15, -0.1) is 0 Å². The molecule has 1 aromatic carbocycles. The van der Waals surface area contributed by atoms with Crippen molar-refractivity contribution in [1.82, 2.24) is 4.98 Å². The standard InChI is InChI=1S/C10H10FN3/c11-7-3-1-4-8(12)10(7)14-9-5-2-6-13-9/h1-6,13-14H,12H2. The molecule has 0 aliphatic carbocycles. The zero-order chi connectivity index (χ0) is 9.97. The highest BCUT2D eigenvalue weighted by atomic mass is 19.1. The first kappa shape index (κ1) is 8.62. The maximum absolute atomic E-state index is 13.3. The van der Waals surface area contributed by atoms with E-state index in [0.29, 0.717) is 17.2 Å². The maximum atomic E-state index is 13.3. The zero-order valence-corrected chi connectivity index (χ0v) is 7.42. The lowest BCUT2D eigenvalue weighted by atomic mass is 10.2. The van der Waals surface area contributed by atoms with Gasteiger partial charge in [0.05, 0.1) is 11.4 Å². The van der Waals surface area contributed by atoms with Gasteiger partial charge in [-0.25, -0.2) is 4.39 Å². The van der Waals surface area contributed by atoms with Gasteiger partial charge in [0.1, 0.15) is 11.6 Å². The summed E-state index contributed by atoms with van der Waals surface area (Å²) in [5, 5.41) is 2.86. The smallest absolute Gasteiger partial charge is 0.148 e. The third-order valence-corrected chi connectivity index (χ3v) is 1.90. The molecular weight excluding hydrogens is 181 g/mol. The van der Waals surface area contributed by atoms with Crippen LogP contribution in [0.15, 0.2) is 36.5 Å². The number of aromatic amines is 1. The van der Waals surface area contributed by atoms with E-state index in [9.17, 15) is 4.39 Å². The first-order chi connectivity index (χ1) is 6.77. The Labute approximate surface area is 80.8 Å². The fourth-order valence-electron chi connectivity index (χ4n) is 1.22. The monoisotopic (exact) mass is 191 g/mol. The van der Waals surface area contributed by atoms with E-state index in [1.54, 1.807) is 24.4 Å². The van der Waals surface area contributed by atoms with E-state index in [1.165, 1.54) is 6.07 Å². The Morgan fingerprint density at radius 1 is 1.21 bits per heavy atom. The van der Waals surface area contributed by atoms with E-state index in [0.717, 1.165) is 0 Å². The number of hydrogen-bond acceptors (Lipinski definition) is 2. The molecule has 0 spiro atoms. The van der Waals surface area contributed by atoms with Gasteiger partial charge >= 0.3 is 0 Å². The van der Waals surface area contributed by atoms with E-state index in [4.69, 9.17) is 5.73 Å². The second-order valence-corrected chi connectivity index (χ2v) is 2.91. The van der Waals surface area contributed by atoms with E-state index >= 15 is 0 Å². The first-order valence-corrected chi connectivity index (χ1v) is 4.22. The highest BCUT2D eigenvalue weighted by Crippen LogP contribution is 2.24. The third kappa shape index (κ3) is 1.54. The van der Waals surface area contributed by atoms with Crippen LogP contribution in [0.5, 0.6) is 0 Å². The van der Waals surface area contributed by atoms with Gasteiger partial charge in [-0.3, -0.25) is 0 Å². The number of halogens is 1. The highest BCUT2D eigenvalue weighted by Gasteiger charge is 2.05. The molecule has 2 aromatic rings. The van der Waals surface area contributed by atoms with Crippen LogP contribution >= 0.6 is 0 Å². The SMILES string of the molecule is Nc1cccc(F)c1Nc1ccc[nH]1. The van der Waals surface area contributed by atoms with E-state index in [1.807, 2.05) is 6.07 Å². The fourth-order valence-corrected chi connectivity index (χ4v) is 1.22. The summed E-state index contributed by atoms with van der Waals surface area (Å²) in [7, 11) is 0. The van der Waals surface area contributed by atoms with Crippen LogP contribution in [-0.4, -0.2) is 4.98 Å². The molecule has 0 radical (unpaired) electrons. The minimum Gasteiger partial charge on any atom is -0.397 e. The lowest BCUT2D eigenvalue weighted by Crippen LogP contribution is -1.98. The number of aromatic nitrogens is 1. The molecule has 0 unspecified atom stereocenters. The molecule has 0 aliphatic heterocycles. The highest BCUT2D eigenvalue weighted by molar-refractivity contribution is 5.71. The molecule has 0 aliphatic rings. The van der Waals surface area contributed by atoms with Crippen molar-refractivity contribution in [3.05, 3.63) is 42.3 Å². The fraction of sp³-hybridized carbons (Fsp3) is 0. The minimum atomic E-state index is -0.361. The number of nitrogen functional groups attached to an aromatic ring is 1. The number of nitrogens with one attached hydrogen (secondary N) is 2. The number of benzene rings is 1. The van der Waals surface area contributed by atoms with Crippen LogP contribution in [-0.2, 0) is 0 Å². The summed E-state index contributed by atoms with van der Waals surface area (Å²) in [6.07, 6.45) is 1.75. The molecule has 4 N–H and O–H groups in total.